The van der Waals surface area contributed by atoms with Crippen molar-refractivity contribution >= 4 is 12.1 Å². The van der Waals surface area contributed by atoms with Gasteiger partial charge in [-0.15, -0.1) is 0 Å². The average molecular weight is 582 g/mol. The number of ether oxygens (including phenoxy) is 3. The summed E-state index contributed by atoms with van der Waals surface area (Å²) in [5.41, 5.74) is 5.06. The van der Waals surface area contributed by atoms with E-state index in [9.17, 15) is 24.9 Å². The van der Waals surface area contributed by atoms with Crippen LogP contribution in [-0.4, -0.2) is 70.1 Å². The summed E-state index contributed by atoms with van der Waals surface area (Å²) in [5, 5.41) is 32.4. The van der Waals surface area contributed by atoms with Crippen LogP contribution in [0.25, 0.3) is 0 Å². The number of hydrogen-bond donors (Lipinski definition) is 4. The highest BCUT2D eigenvalue weighted by atomic mass is 16.6. The molecule has 5 N–H and O–H groups in total. The van der Waals surface area contributed by atoms with Gasteiger partial charge >= 0.3 is 12.1 Å². The van der Waals surface area contributed by atoms with E-state index in [0.29, 0.717) is 12.8 Å². The largest absolute Gasteiger partial charge is 0.459 e. The Labute approximate surface area is 246 Å². The first kappa shape index (κ1) is 35.3. The number of hydrogen-bond acceptors (Lipinski definition) is 8. The molecular weight excluding hydrogens is 526 g/mol. The summed E-state index contributed by atoms with van der Waals surface area (Å²) < 4.78 is 16.9. The third-order valence-corrected chi connectivity index (χ3v) is 9.09. The molecule has 9 nitrogen and oxygen atoms in total. The number of aliphatic hydroxyl groups is 3. The van der Waals surface area contributed by atoms with Crippen LogP contribution in [0.15, 0.2) is 24.3 Å². The summed E-state index contributed by atoms with van der Waals surface area (Å²) in [7, 11) is 0. The predicted molar refractivity (Wildman–Crippen MR) is 158 cm³/mol. The van der Waals surface area contributed by atoms with E-state index < -0.39 is 54.6 Å². The van der Waals surface area contributed by atoms with E-state index >= 15 is 0 Å². The summed E-state index contributed by atoms with van der Waals surface area (Å²) in [4.78, 5) is 23.5. The van der Waals surface area contributed by atoms with Crippen molar-refractivity contribution in [2.75, 3.05) is 0 Å². The first-order chi connectivity index (χ1) is 19.1. The number of amides is 1. The highest BCUT2D eigenvalue weighted by Gasteiger charge is 2.49. The van der Waals surface area contributed by atoms with E-state index in [0.717, 1.165) is 19.3 Å². The van der Waals surface area contributed by atoms with Crippen LogP contribution in [0.3, 0.4) is 0 Å². The maximum Gasteiger partial charge on any atom is 0.404 e. The van der Waals surface area contributed by atoms with Crippen molar-refractivity contribution in [1.29, 1.82) is 0 Å². The Morgan fingerprint density at radius 2 is 1.78 bits per heavy atom. The minimum Gasteiger partial charge on any atom is -0.459 e. The van der Waals surface area contributed by atoms with Crippen molar-refractivity contribution < 1.29 is 39.1 Å². The Balaban J connectivity index is 1.90. The number of aliphatic hydroxyl groups excluding tert-OH is 3. The van der Waals surface area contributed by atoms with Gasteiger partial charge in [0.1, 0.15) is 18.3 Å². The summed E-state index contributed by atoms with van der Waals surface area (Å²) in [5.74, 6) is -1.71. The number of rotatable bonds is 15. The van der Waals surface area contributed by atoms with Crippen LogP contribution >= 0.6 is 0 Å². The Kier molecular flexibility index (Phi) is 13.3. The maximum absolute atomic E-state index is 11.9. The number of primary amides is 1. The molecule has 0 unspecified atom stereocenters. The molecule has 2 heterocycles. The number of fused-ring (bicyclic) bond motifs is 1. The molecule has 9 heteroatoms. The molecule has 0 radical (unpaired) electrons. The highest BCUT2D eigenvalue weighted by molar-refractivity contribution is 5.74. The minimum absolute atomic E-state index is 0.0981. The maximum atomic E-state index is 11.9. The van der Waals surface area contributed by atoms with Crippen LogP contribution in [-0.2, 0) is 19.0 Å². The quantitative estimate of drug-likeness (QED) is 0.163. The van der Waals surface area contributed by atoms with Crippen molar-refractivity contribution in [3.63, 3.8) is 0 Å². The lowest BCUT2D eigenvalue weighted by atomic mass is 9.73. The Bertz CT molecular complexity index is 904. The molecule has 0 bridgehead atoms. The zero-order chi connectivity index (χ0) is 31.1. The molecular formula is C32H55NO8. The van der Waals surface area contributed by atoms with Crippen LogP contribution in [0, 0.1) is 35.0 Å². The molecule has 41 heavy (non-hydrogen) atoms. The average Bonchev–Trinajstić information content (AvgIpc) is 3.33. The lowest BCUT2D eigenvalue weighted by molar-refractivity contribution is -0.183. The second kappa shape index (κ2) is 15.5. The second-order valence-corrected chi connectivity index (χ2v) is 13.2. The van der Waals surface area contributed by atoms with Crippen molar-refractivity contribution in [1.82, 2.24) is 0 Å². The van der Waals surface area contributed by atoms with E-state index in [1.54, 1.807) is 6.92 Å². The van der Waals surface area contributed by atoms with E-state index in [-0.39, 0.29) is 35.2 Å². The van der Waals surface area contributed by atoms with Gasteiger partial charge in [0, 0.05) is 29.6 Å². The van der Waals surface area contributed by atoms with Crippen molar-refractivity contribution in [3.05, 3.63) is 24.3 Å². The normalized spacial score (nSPS) is 30.3. The Hall–Kier alpha value is -1.94. The number of unbranched alkanes of at least 4 members (excludes halogenated alkanes) is 1. The lowest BCUT2D eigenvalue weighted by Crippen LogP contribution is -2.49. The van der Waals surface area contributed by atoms with Crippen molar-refractivity contribution in [2.24, 2.45) is 40.7 Å². The van der Waals surface area contributed by atoms with Gasteiger partial charge < -0.3 is 35.3 Å². The third-order valence-electron chi connectivity index (χ3n) is 9.09. The molecule has 0 aliphatic carbocycles. The number of allylic oxidation sites excluding steroid dienone is 1. The van der Waals surface area contributed by atoms with Gasteiger partial charge in [0.25, 0.3) is 0 Å². The molecule has 12 atom stereocenters. The van der Waals surface area contributed by atoms with Gasteiger partial charge in [-0.3, -0.25) is 4.79 Å². The van der Waals surface area contributed by atoms with Gasteiger partial charge in [0.15, 0.2) is 0 Å². The summed E-state index contributed by atoms with van der Waals surface area (Å²) in [6.07, 6.45) is 6.85. The number of esters is 1. The molecule has 2 fully saturated rings. The second-order valence-electron chi connectivity index (χ2n) is 13.2. The summed E-state index contributed by atoms with van der Waals surface area (Å²) in [6.45, 7) is 15.6. The number of nitrogens with two attached hydrogens (primary N) is 1. The molecule has 0 saturated carbocycles. The van der Waals surface area contributed by atoms with Gasteiger partial charge in [-0.25, -0.2) is 4.79 Å². The third kappa shape index (κ3) is 9.53. The van der Waals surface area contributed by atoms with Crippen LogP contribution in [0.1, 0.15) is 87.5 Å². The van der Waals surface area contributed by atoms with Crippen LogP contribution in [0.5, 0.6) is 0 Å². The standard InChI is InChI=1S/C32H55NO8/c1-9-10-16-32(7,8)29(41-31(33)38)21(5)26(35)19(3)13-11-12-18(2)25(34)20(4)14-15-23-17-24-28(39-23)27(36)22(6)30(37)40-24/h11-12,14-15,18-29,34-36H,9-10,13,16-17H2,1-8H3,(H2,33,38)/b12-11-,15-14-/t18-,19-,20-,21-,22+,23+,24-,25+,26+,27+,28-,29+/m0/s1. The zero-order valence-electron chi connectivity index (χ0n) is 26.2. The highest BCUT2D eigenvalue weighted by Crippen LogP contribution is 2.37. The van der Waals surface area contributed by atoms with Gasteiger partial charge in [0.05, 0.1) is 30.3 Å². The molecule has 2 aliphatic rings. The first-order valence-corrected chi connectivity index (χ1v) is 15.3. The fraction of sp³-hybridized carbons (Fsp3) is 0.812. The van der Waals surface area contributed by atoms with E-state index in [2.05, 4.69) is 6.92 Å². The summed E-state index contributed by atoms with van der Waals surface area (Å²) >= 11 is 0. The van der Waals surface area contributed by atoms with Crippen LogP contribution in [0.4, 0.5) is 4.79 Å². The van der Waals surface area contributed by atoms with Crippen molar-refractivity contribution in [3.8, 4) is 0 Å². The smallest absolute Gasteiger partial charge is 0.404 e. The van der Waals surface area contributed by atoms with E-state index in [4.69, 9.17) is 19.9 Å². The fourth-order valence-corrected chi connectivity index (χ4v) is 6.16. The predicted octanol–water partition coefficient (Wildman–Crippen LogP) is 4.52. The molecule has 0 aromatic heterocycles. The topological polar surface area (TPSA) is 149 Å². The monoisotopic (exact) mass is 581 g/mol. The van der Waals surface area contributed by atoms with E-state index in [1.807, 2.05) is 65.8 Å². The van der Waals surface area contributed by atoms with Gasteiger partial charge in [0.2, 0.25) is 0 Å². The van der Waals surface area contributed by atoms with Crippen molar-refractivity contribution in [2.45, 2.75) is 130 Å². The molecule has 2 aliphatic heterocycles. The summed E-state index contributed by atoms with van der Waals surface area (Å²) in [6, 6.07) is 0. The first-order valence-electron chi connectivity index (χ1n) is 15.3. The molecule has 236 valence electrons. The van der Waals surface area contributed by atoms with Gasteiger partial charge in [-0.05, 0) is 25.7 Å². The Morgan fingerprint density at radius 3 is 2.39 bits per heavy atom. The molecule has 2 rings (SSSR count). The molecule has 0 spiro atoms. The zero-order valence-corrected chi connectivity index (χ0v) is 26.2. The van der Waals surface area contributed by atoms with Crippen LogP contribution in [0.2, 0.25) is 0 Å². The lowest BCUT2D eigenvalue weighted by Gasteiger charge is -2.40. The van der Waals surface area contributed by atoms with Gasteiger partial charge in [-0.2, -0.15) is 0 Å². The van der Waals surface area contributed by atoms with Gasteiger partial charge in [-0.1, -0.05) is 85.6 Å². The Morgan fingerprint density at radius 1 is 1.15 bits per heavy atom. The van der Waals surface area contributed by atoms with Crippen LogP contribution < -0.4 is 5.73 Å². The molecule has 0 aromatic rings. The SMILES string of the molecule is CCCCC(C)(C)[C@H](OC(N)=O)[C@@H](C)[C@H](O)[C@@H](C)C/C=C\[C@H](C)[C@@H](O)[C@@H](C)/C=C\[C@@H]1C[C@@H]2OC(=O)[C@H](C)[C@@H](O)[C@H]2O1. The minimum atomic E-state index is -0.883. The molecule has 2 saturated heterocycles. The number of carbonyl (C=O) groups is 2. The molecule has 0 aromatic carbocycles. The molecule has 1 amide bonds. The van der Waals surface area contributed by atoms with E-state index in [1.165, 1.54) is 0 Å². The fourth-order valence-electron chi connectivity index (χ4n) is 6.16. The number of carbonyl (C=O) groups excluding carboxylic acids is 2.